The van der Waals surface area contributed by atoms with Crippen LogP contribution >= 0.6 is 12.6 Å². The van der Waals surface area contributed by atoms with E-state index in [-0.39, 0.29) is 5.82 Å². The van der Waals surface area contributed by atoms with Gasteiger partial charge in [0.15, 0.2) is 11.6 Å². The summed E-state index contributed by atoms with van der Waals surface area (Å²) in [6.07, 6.45) is 0.841. The van der Waals surface area contributed by atoms with Crippen molar-refractivity contribution in [1.82, 2.24) is 4.90 Å². The van der Waals surface area contributed by atoms with Gasteiger partial charge in [0.05, 0.1) is 6.61 Å². The molecule has 0 atom stereocenters. The Morgan fingerprint density at radius 1 is 1.35 bits per heavy atom. The summed E-state index contributed by atoms with van der Waals surface area (Å²) in [5, 5.41) is 0. The number of benzene rings is 1. The van der Waals surface area contributed by atoms with Crippen LogP contribution in [0.25, 0.3) is 0 Å². The van der Waals surface area contributed by atoms with Gasteiger partial charge in [0.1, 0.15) is 0 Å². The van der Waals surface area contributed by atoms with Crippen LogP contribution < -0.4 is 4.74 Å². The lowest BCUT2D eigenvalue weighted by Crippen LogP contribution is -2.23. The molecule has 17 heavy (non-hydrogen) atoms. The molecule has 0 N–H and O–H groups in total. The Hall–Kier alpha value is -0.740. The zero-order valence-electron chi connectivity index (χ0n) is 10.4. The van der Waals surface area contributed by atoms with E-state index in [9.17, 15) is 4.39 Å². The summed E-state index contributed by atoms with van der Waals surface area (Å²) in [4.78, 5) is 2.18. The molecular formula is C13H20FNOS. The van der Waals surface area contributed by atoms with Crippen molar-refractivity contribution in [2.24, 2.45) is 0 Å². The lowest BCUT2D eigenvalue weighted by atomic mass is 10.1. The van der Waals surface area contributed by atoms with Crippen LogP contribution in [-0.4, -0.2) is 37.4 Å². The fraction of sp³-hybridized carbons (Fsp3) is 0.538. The minimum absolute atomic E-state index is 0.277. The number of ether oxygens (including phenoxy) is 1. The average Bonchev–Trinajstić information content (AvgIpc) is 2.30. The first-order valence-corrected chi connectivity index (χ1v) is 6.51. The van der Waals surface area contributed by atoms with Crippen LogP contribution in [-0.2, 0) is 6.42 Å². The highest BCUT2D eigenvalue weighted by atomic mass is 32.1. The predicted octanol–water partition coefficient (Wildman–Crippen LogP) is 2.63. The van der Waals surface area contributed by atoms with Crippen LogP contribution in [0.2, 0.25) is 0 Å². The van der Waals surface area contributed by atoms with Gasteiger partial charge in [-0.1, -0.05) is 6.07 Å². The van der Waals surface area contributed by atoms with Crippen molar-refractivity contribution in [2.45, 2.75) is 13.3 Å². The number of thiol groups is 1. The summed E-state index contributed by atoms with van der Waals surface area (Å²) in [5.74, 6) is 0.898. The van der Waals surface area contributed by atoms with Gasteiger partial charge >= 0.3 is 0 Å². The lowest BCUT2D eigenvalue weighted by molar-refractivity contribution is 0.321. The topological polar surface area (TPSA) is 12.5 Å². The summed E-state index contributed by atoms with van der Waals surface area (Å²) in [5.41, 5.74) is 0.997. The predicted molar refractivity (Wildman–Crippen MR) is 72.6 cm³/mol. The van der Waals surface area contributed by atoms with Gasteiger partial charge in [0, 0.05) is 18.8 Å². The van der Waals surface area contributed by atoms with Gasteiger partial charge < -0.3 is 9.64 Å². The van der Waals surface area contributed by atoms with Crippen LogP contribution in [0.5, 0.6) is 5.75 Å². The molecule has 0 aliphatic rings. The molecule has 0 fully saturated rings. The molecule has 2 nitrogen and oxygen atoms in total. The van der Waals surface area contributed by atoms with Crippen LogP contribution in [0, 0.1) is 5.82 Å². The van der Waals surface area contributed by atoms with Gasteiger partial charge in [-0.15, -0.1) is 0 Å². The average molecular weight is 257 g/mol. The third-order valence-electron chi connectivity index (χ3n) is 2.56. The van der Waals surface area contributed by atoms with E-state index in [0.29, 0.717) is 12.4 Å². The van der Waals surface area contributed by atoms with Crippen LogP contribution in [0.4, 0.5) is 4.39 Å². The van der Waals surface area contributed by atoms with E-state index in [2.05, 4.69) is 17.5 Å². The van der Waals surface area contributed by atoms with E-state index in [0.717, 1.165) is 30.8 Å². The summed E-state index contributed by atoms with van der Waals surface area (Å²) in [6, 6.07) is 5.18. The summed E-state index contributed by atoms with van der Waals surface area (Å²) >= 11 is 4.18. The van der Waals surface area contributed by atoms with Crippen molar-refractivity contribution in [3.8, 4) is 5.75 Å². The van der Waals surface area contributed by atoms with E-state index < -0.39 is 0 Å². The molecule has 0 radical (unpaired) electrons. The van der Waals surface area contributed by atoms with Gasteiger partial charge in [-0.25, -0.2) is 4.39 Å². The fourth-order valence-corrected chi connectivity index (χ4v) is 1.92. The van der Waals surface area contributed by atoms with Crippen molar-refractivity contribution >= 4 is 12.6 Å². The lowest BCUT2D eigenvalue weighted by Gasteiger charge is -2.15. The molecule has 0 aromatic heterocycles. The molecule has 0 aliphatic carbocycles. The van der Waals surface area contributed by atoms with Crippen molar-refractivity contribution in [3.63, 3.8) is 0 Å². The minimum Gasteiger partial charge on any atom is -0.491 e. The third-order valence-corrected chi connectivity index (χ3v) is 2.76. The Bertz CT molecular complexity index is 346. The maximum atomic E-state index is 13.6. The quantitative estimate of drug-likeness (QED) is 0.754. The maximum Gasteiger partial charge on any atom is 0.165 e. The Balaban J connectivity index is 2.52. The SMILES string of the molecule is CCOc1ccc(CCN(C)CCS)cc1F. The van der Waals surface area contributed by atoms with Crippen LogP contribution in [0.1, 0.15) is 12.5 Å². The monoisotopic (exact) mass is 257 g/mol. The summed E-state index contributed by atoms with van der Waals surface area (Å²) < 4.78 is 18.7. The van der Waals surface area contributed by atoms with Crippen molar-refractivity contribution in [2.75, 3.05) is 32.5 Å². The van der Waals surface area contributed by atoms with Gasteiger partial charge in [-0.05, 0) is 38.1 Å². The molecule has 0 amide bonds. The van der Waals surface area contributed by atoms with E-state index in [1.807, 2.05) is 20.0 Å². The number of nitrogens with zero attached hydrogens (tertiary/aromatic N) is 1. The van der Waals surface area contributed by atoms with Crippen LogP contribution in [0.15, 0.2) is 18.2 Å². The highest BCUT2D eigenvalue weighted by Crippen LogP contribution is 2.18. The normalized spacial score (nSPS) is 10.9. The van der Waals surface area contributed by atoms with E-state index >= 15 is 0 Å². The maximum absolute atomic E-state index is 13.6. The summed E-state index contributed by atoms with van der Waals surface area (Å²) in [6.45, 7) is 4.19. The Morgan fingerprint density at radius 2 is 2.12 bits per heavy atom. The van der Waals surface area contributed by atoms with E-state index in [1.54, 1.807) is 12.1 Å². The minimum atomic E-state index is -0.277. The molecule has 1 aromatic rings. The first kappa shape index (κ1) is 14.3. The highest BCUT2D eigenvalue weighted by Gasteiger charge is 2.05. The number of hydrogen-bond acceptors (Lipinski definition) is 3. The molecule has 0 saturated carbocycles. The summed E-state index contributed by atoms with van der Waals surface area (Å²) in [7, 11) is 2.04. The first-order chi connectivity index (χ1) is 8.17. The molecule has 0 bridgehead atoms. The Kier molecular flexibility index (Phi) is 6.37. The van der Waals surface area contributed by atoms with Crippen molar-refractivity contribution < 1.29 is 9.13 Å². The molecule has 1 rings (SSSR count). The number of rotatable bonds is 7. The molecule has 0 spiro atoms. The molecule has 0 unspecified atom stereocenters. The van der Waals surface area contributed by atoms with Gasteiger partial charge in [-0.3, -0.25) is 0 Å². The molecule has 0 aliphatic heterocycles. The molecule has 0 saturated heterocycles. The second-order valence-corrected chi connectivity index (χ2v) is 4.42. The van der Waals surface area contributed by atoms with Crippen molar-refractivity contribution in [3.05, 3.63) is 29.6 Å². The van der Waals surface area contributed by atoms with Crippen LogP contribution in [0.3, 0.4) is 0 Å². The molecular weight excluding hydrogens is 237 g/mol. The number of hydrogen-bond donors (Lipinski definition) is 1. The smallest absolute Gasteiger partial charge is 0.165 e. The largest absolute Gasteiger partial charge is 0.491 e. The number of halogens is 1. The Morgan fingerprint density at radius 3 is 2.71 bits per heavy atom. The van der Waals surface area contributed by atoms with Gasteiger partial charge in [-0.2, -0.15) is 12.6 Å². The highest BCUT2D eigenvalue weighted by molar-refractivity contribution is 7.80. The second-order valence-electron chi connectivity index (χ2n) is 3.97. The molecule has 0 heterocycles. The second kappa shape index (κ2) is 7.56. The van der Waals surface area contributed by atoms with Gasteiger partial charge in [0.25, 0.3) is 0 Å². The van der Waals surface area contributed by atoms with E-state index in [4.69, 9.17) is 4.74 Å². The zero-order valence-corrected chi connectivity index (χ0v) is 11.3. The third kappa shape index (κ3) is 4.96. The van der Waals surface area contributed by atoms with Crippen molar-refractivity contribution in [1.29, 1.82) is 0 Å². The molecule has 96 valence electrons. The zero-order chi connectivity index (χ0) is 12.7. The Labute approximate surface area is 108 Å². The fourth-order valence-electron chi connectivity index (χ4n) is 1.57. The van der Waals surface area contributed by atoms with E-state index in [1.165, 1.54) is 0 Å². The molecule has 1 aromatic carbocycles. The number of likely N-dealkylation sites (N-methyl/N-ethyl adjacent to an activating group) is 1. The first-order valence-electron chi connectivity index (χ1n) is 5.88. The van der Waals surface area contributed by atoms with Gasteiger partial charge in [0.2, 0.25) is 0 Å². The molecule has 4 heteroatoms. The standard InChI is InChI=1S/C13H20FNOS/c1-3-16-13-5-4-11(10-12(13)14)6-7-15(2)8-9-17/h4-5,10,17H,3,6-9H2,1-2H3.